The van der Waals surface area contributed by atoms with Gasteiger partial charge in [-0.3, -0.25) is 0 Å². The van der Waals surface area contributed by atoms with Gasteiger partial charge in [0.1, 0.15) is 0 Å². The first-order valence-electron chi connectivity index (χ1n) is 6.66. The molecule has 1 atom stereocenters. The Hall–Kier alpha value is -1.58. The van der Waals surface area contributed by atoms with Crippen LogP contribution in [0.1, 0.15) is 22.1 Å². The van der Waals surface area contributed by atoms with Gasteiger partial charge in [0, 0.05) is 16.2 Å². The van der Waals surface area contributed by atoms with Gasteiger partial charge >= 0.3 is 0 Å². The number of aromatic nitrogens is 2. The second kappa shape index (κ2) is 6.04. The van der Waals surface area contributed by atoms with E-state index in [1.807, 2.05) is 59.5 Å². The van der Waals surface area contributed by atoms with Crippen LogP contribution in [-0.2, 0) is 0 Å². The van der Waals surface area contributed by atoms with Crippen molar-refractivity contribution in [2.45, 2.75) is 12.3 Å². The number of halogens is 2. The molecule has 0 N–H and O–H groups in total. The van der Waals surface area contributed by atoms with Crippen molar-refractivity contribution in [3.8, 4) is 5.69 Å². The molecule has 3 aromatic rings. The topological polar surface area (TPSA) is 17.8 Å². The van der Waals surface area contributed by atoms with Gasteiger partial charge in [-0.15, -0.1) is 11.6 Å². The van der Waals surface area contributed by atoms with Crippen LogP contribution in [0.25, 0.3) is 5.69 Å². The third-order valence-corrected chi connectivity index (χ3v) is 4.84. The minimum absolute atomic E-state index is 0.208. The molecule has 3 rings (SSSR count). The fraction of sp³-hybridized carbons (Fsp3) is 0.118. The van der Waals surface area contributed by atoms with Crippen LogP contribution in [0.2, 0.25) is 0 Å². The van der Waals surface area contributed by atoms with E-state index in [1.165, 1.54) is 0 Å². The molecule has 0 saturated heterocycles. The maximum Gasteiger partial charge on any atom is 0.0868 e. The van der Waals surface area contributed by atoms with Crippen molar-refractivity contribution in [2.24, 2.45) is 0 Å². The Morgan fingerprint density at radius 2 is 1.86 bits per heavy atom. The first-order chi connectivity index (χ1) is 10.2. The fourth-order valence-electron chi connectivity index (χ4n) is 2.27. The molecule has 0 aliphatic rings. The van der Waals surface area contributed by atoms with E-state index in [2.05, 4.69) is 34.0 Å². The summed E-state index contributed by atoms with van der Waals surface area (Å²) in [5, 5.41) is 4.20. The quantitative estimate of drug-likeness (QED) is 0.581. The lowest BCUT2D eigenvalue weighted by Gasteiger charge is -2.12. The van der Waals surface area contributed by atoms with E-state index in [0.29, 0.717) is 0 Å². The number of rotatable bonds is 3. The summed E-state index contributed by atoms with van der Waals surface area (Å²) in [6.07, 6.45) is 3.80. The molecule has 2 aromatic carbocycles. The Bertz CT molecular complexity index is 752. The van der Waals surface area contributed by atoms with E-state index in [1.54, 1.807) is 0 Å². The van der Waals surface area contributed by atoms with E-state index in [9.17, 15) is 0 Å². The molecule has 0 radical (unpaired) electrons. The Balaban J connectivity index is 1.95. The minimum atomic E-state index is -0.208. The molecule has 0 aliphatic carbocycles. The van der Waals surface area contributed by atoms with Crippen LogP contribution in [-0.4, -0.2) is 9.78 Å². The zero-order valence-corrected chi connectivity index (χ0v) is 13.8. The third kappa shape index (κ3) is 2.89. The van der Waals surface area contributed by atoms with Crippen molar-refractivity contribution >= 4 is 27.5 Å². The molecule has 1 unspecified atom stereocenters. The van der Waals surface area contributed by atoms with Gasteiger partial charge in [-0.05, 0) is 36.2 Å². The number of para-hydroxylation sites is 1. The molecule has 0 saturated carbocycles. The molecule has 2 nitrogen and oxygen atoms in total. The molecule has 1 aromatic heterocycles. The SMILES string of the molecule is Cc1c(Br)cccc1C(Cl)c1cnn(-c2ccccc2)c1. The normalized spacial score (nSPS) is 12.3. The van der Waals surface area contributed by atoms with Gasteiger partial charge in [0.05, 0.1) is 17.3 Å². The Morgan fingerprint density at radius 1 is 1.10 bits per heavy atom. The average Bonchev–Trinajstić information content (AvgIpc) is 3.00. The number of benzene rings is 2. The molecule has 0 amide bonds. The number of hydrogen-bond donors (Lipinski definition) is 0. The van der Waals surface area contributed by atoms with Crippen molar-refractivity contribution in [3.63, 3.8) is 0 Å². The first kappa shape index (κ1) is 14.4. The number of hydrogen-bond acceptors (Lipinski definition) is 1. The van der Waals surface area contributed by atoms with Crippen molar-refractivity contribution in [1.82, 2.24) is 9.78 Å². The van der Waals surface area contributed by atoms with Crippen molar-refractivity contribution in [2.75, 3.05) is 0 Å². The smallest absolute Gasteiger partial charge is 0.0868 e. The maximum absolute atomic E-state index is 6.64. The summed E-state index contributed by atoms with van der Waals surface area (Å²) in [6, 6.07) is 16.1. The van der Waals surface area contributed by atoms with Gasteiger partial charge in [-0.1, -0.05) is 46.3 Å². The Kier molecular flexibility index (Phi) is 4.13. The predicted molar refractivity (Wildman–Crippen MR) is 90.1 cm³/mol. The third-order valence-electron chi connectivity index (χ3n) is 3.50. The molecule has 4 heteroatoms. The van der Waals surface area contributed by atoms with Crippen LogP contribution in [0, 0.1) is 6.92 Å². The molecule has 106 valence electrons. The van der Waals surface area contributed by atoms with Crippen LogP contribution in [0.3, 0.4) is 0 Å². The van der Waals surface area contributed by atoms with Crippen molar-refractivity contribution in [3.05, 3.63) is 82.1 Å². The van der Waals surface area contributed by atoms with Crippen LogP contribution < -0.4 is 0 Å². The second-order valence-corrected chi connectivity index (χ2v) is 6.16. The Morgan fingerprint density at radius 3 is 2.62 bits per heavy atom. The van der Waals surface area contributed by atoms with Gasteiger partial charge < -0.3 is 0 Å². The fourth-order valence-corrected chi connectivity index (χ4v) is 3.00. The monoisotopic (exact) mass is 360 g/mol. The molecular weight excluding hydrogens is 348 g/mol. The van der Waals surface area contributed by atoms with Crippen LogP contribution >= 0.6 is 27.5 Å². The summed E-state index contributed by atoms with van der Waals surface area (Å²) < 4.78 is 2.92. The van der Waals surface area contributed by atoms with Crippen LogP contribution in [0.15, 0.2) is 65.4 Å². The standard InChI is InChI=1S/C17H14BrClN2/c1-12-15(8-5-9-16(12)18)17(19)13-10-20-21(11-13)14-6-3-2-4-7-14/h2-11,17H,1H3. The number of alkyl halides is 1. The molecule has 0 fully saturated rings. The van der Waals surface area contributed by atoms with Crippen molar-refractivity contribution in [1.29, 1.82) is 0 Å². The van der Waals surface area contributed by atoms with E-state index in [-0.39, 0.29) is 5.38 Å². The highest BCUT2D eigenvalue weighted by Gasteiger charge is 2.16. The van der Waals surface area contributed by atoms with Crippen LogP contribution in [0.5, 0.6) is 0 Å². The van der Waals surface area contributed by atoms with E-state index < -0.39 is 0 Å². The zero-order valence-electron chi connectivity index (χ0n) is 11.5. The molecule has 0 spiro atoms. The summed E-state index contributed by atoms with van der Waals surface area (Å²) in [5.41, 5.74) is 4.27. The number of nitrogens with zero attached hydrogens (tertiary/aromatic N) is 2. The highest BCUT2D eigenvalue weighted by Crippen LogP contribution is 2.33. The van der Waals surface area contributed by atoms with Crippen LogP contribution in [0.4, 0.5) is 0 Å². The summed E-state index contributed by atoms with van der Waals surface area (Å²) in [6.45, 7) is 2.07. The molecular formula is C17H14BrClN2. The summed E-state index contributed by atoms with van der Waals surface area (Å²) >= 11 is 10.2. The van der Waals surface area contributed by atoms with Gasteiger partial charge in [0.15, 0.2) is 0 Å². The minimum Gasteiger partial charge on any atom is -0.241 e. The van der Waals surface area contributed by atoms with Gasteiger partial charge in [0.25, 0.3) is 0 Å². The van der Waals surface area contributed by atoms with Gasteiger partial charge in [-0.25, -0.2) is 4.68 Å². The summed E-state index contributed by atoms with van der Waals surface area (Å²) in [7, 11) is 0. The van der Waals surface area contributed by atoms with Gasteiger partial charge in [0.2, 0.25) is 0 Å². The zero-order chi connectivity index (χ0) is 14.8. The van der Waals surface area contributed by atoms with E-state index in [4.69, 9.17) is 11.6 Å². The van der Waals surface area contributed by atoms with E-state index >= 15 is 0 Å². The maximum atomic E-state index is 6.64. The highest BCUT2D eigenvalue weighted by molar-refractivity contribution is 9.10. The van der Waals surface area contributed by atoms with Gasteiger partial charge in [-0.2, -0.15) is 5.10 Å². The lowest BCUT2D eigenvalue weighted by molar-refractivity contribution is 0.880. The van der Waals surface area contributed by atoms with E-state index in [0.717, 1.165) is 26.9 Å². The van der Waals surface area contributed by atoms with Crippen molar-refractivity contribution < 1.29 is 0 Å². The second-order valence-electron chi connectivity index (χ2n) is 4.87. The first-order valence-corrected chi connectivity index (χ1v) is 7.89. The lowest BCUT2D eigenvalue weighted by atomic mass is 10.0. The summed E-state index contributed by atoms with van der Waals surface area (Å²) in [4.78, 5) is 0. The largest absolute Gasteiger partial charge is 0.241 e. The molecule has 0 bridgehead atoms. The molecule has 21 heavy (non-hydrogen) atoms. The summed E-state index contributed by atoms with van der Waals surface area (Å²) in [5.74, 6) is 0. The average molecular weight is 362 g/mol. The molecule has 1 heterocycles. The lowest BCUT2D eigenvalue weighted by Crippen LogP contribution is -1.96. The predicted octanol–water partition coefficient (Wildman–Crippen LogP) is 5.27. The molecule has 0 aliphatic heterocycles. The highest BCUT2D eigenvalue weighted by atomic mass is 79.9. The Labute approximate surface area is 137 Å².